The molecule has 2 heterocycles. The van der Waals surface area contributed by atoms with E-state index in [4.69, 9.17) is 10.2 Å². The number of aliphatic hydroxyl groups is 2. The third-order valence-corrected chi connectivity index (χ3v) is 7.92. The molecule has 2 aromatic carbocycles. The topological polar surface area (TPSA) is 211 Å². The monoisotopic (exact) mass is 548 g/mol. The largest absolute Gasteiger partial charge is 0.395 e. The lowest BCUT2D eigenvalue weighted by Gasteiger charge is -2.11. The summed E-state index contributed by atoms with van der Waals surface area (Å²) in [6.45, 7) is -0.797. The molecule has 7 N–H and O–H groups in total. The van der Waals surface area contributed by atoms with Gasteiger partial charge in [-0.05, 0) is 48.5 Å². The SMILES string of the molecule is O=S(=O)(NCCO)c1ccc(Nc2nc(Nc3ccc(S(=O)(=O)NCCO)cc3)c3cn[nH]c3n2)cc1. The van der Waals surface area contributed by atoms with Crippen molar-refractivity contribution in [1.82, 2.24) is 29.6 Å². The Bertz CT molecular complexity index is 1570. The fourth-order valence-electron chi connectivity index (χ4n) is 3.21. The van der Waals surface area contributed by atoms with Crippen molar-refractivity contribution in [2.45, 2.75) is 9.79 Å². The Morgan fingerprint density at radius 2 is 1.24 bits per heavy atom. The summed E-state index contributed by atoms with van der Waals surface area (Å²) in [6.07, 6.45) is 1.54. The lowest BCUT2D eigenvalue weighted by Crippen LogP contribution is -2.26. The Hall–Kier alpha value is -3.67. The molecule has 0 saturated heterocycles. The van der Waals surface area contributed by atoms with Gasteiger partial charge in [0.15, 0.2) is 5.65 Å². The van der Waals surface area contributed by atoms with Crippen molar-refractivity contribution in [3.05, 3.63) is 54.7 Å². The number of hydrogen-bond donors (Lipinski definition) is 7. The molecule has 0 unspecified atom stereocenters. The maximum Gasteiger partial charge on any atom is 0.240 e. The summed E-state index contributed by atoms with van der Waals surface area (Å²) < 4.78 is 53.3. The molecule has 0 aliphatic rings. The number of fused-ring (bicyclic) bond motifs is 1. The number of aliphatic hydroxyl groups excluding tert-OH is 2. The number of aromatic nitrogens is 4. The van der Waals surface area contributed by atoms with E-state index in [9.17, 15) is 16.8 Å². The molecule has 0 atom stereocenters. The van der Waals surface area contributed by atoms with Crippen LogP contribution in [0, 0.1) is 0 Å². The zero-order valence-electron chi connectivity index (χ0n) is 19.2. The van der Waals surface area contributed by atoms with Gasteiger partial charge in [0.05, 0.1) is 34.6 Å². The van der Waals surface area contributed by atoms with Crippen LogP contribution in [0.15, 0.2) is 64.5 Å². The van der Waals surface area contributed by atoms with Crippen LogP contribution >= 0.6 is 0 Å². The normalized spacial score (nSPS) is 12.1. The predicted octanol–water partition coefficient (Wildman–Crippen LogP) is 0.381. The molecule has 0 bridgehead atoms. The number of benzene rings is 2. The van der Waals surface area contributed by atoms with E-state index in [1.165, 1.54) is 30.5 Å². The first-order chi connectivity index (χ1) is 17.7. The Balaban J connectivity index is 1.54. The zero-order valence-corrected chi connectivity index (χ0v) is 20.8. The van der Waals surface area contributed by atoms with Crippen LogP contribution in [-0.2, 0) is 20.0 Å². The minimum atomic E-state index is -3.74. The summed E-state index contributed by atoms with van der Waals surface area (Å²) in [4.78, 5) is 8.93. The van der Waals surface area contributed by atoms with Crippen LogP contribution < -0.4 is 20.1 Å². The van der Waals surface area contributed by atoms with Gasteiger partial charge in [0, 0.05) is 24.5 Å². The first kappa shape index (κ1) is 26.4. The molecule has 4 aromatic rings. The number of anilines is 4. The fourth-order valence-corrected chi connectivity index (χ4v) is 5.26. The second-order valence-electron chi connectivity index (χ2n) is 7.57. The van der Waals surface area contributed by atoms with Crippen LogP contribution in [0.5, 0.6) is 0 Å². The number of hydrogen-bond acceptors (Lipinski definition) is 11. The molecular weight excluding hydrogens is 524 g/mol. The van der Waals surface area contributed by atoms with E-state index >= 15 is 0 Å². The highest BCUT2D eigenvalue weighted by molar-refractivity contribution is 7.89. The van der Waals surface area contributed by atoms with Crippen molar-refractivity contribution in [1.29, 1.82) is 0 Å². The third-order valence-electron chi connectivity index (χ3n) is 4.97. The van der Waals surface area contributed by atoms with Crippen LogP contribution in [0.3, 0.4) is 0 Å². The Labute approximate surface area is 212 Å². The minimum absolute atomic E-state index is 0.0378. The first-order valence-corrected chi connectivity index (χ1v) is 13.8. The van der Waals surface area contributed by atoms with Gasteiger partial charge in [0.1, 0.15) is 5.82 Å². The summed E-state index contributed by atoms with van der Waals surface area (Å²) in [6, 6.07) is 11.9. The number of rotatable bonds is 12. The van der Waals surface area contributed by atoms with Crippen LogP contribution in [0.2, 0.25) is 0 Å². The lowest BCUT2D eigenvalue weighted by atomic mass is 10.3. The summed E-state index contributed by atoms with van der Waals surface area (Å²) in [7, 11) is -7.47. The van der Waals surface area contributed by atoms with Gasteiger partial charge >= 0.3 is 0 Å². The first-order valence-electron chi connectivity index (χ1n) is 10.9. The van der Waals surface area contributed by atoms with Gasteiger partial charge in [-0.1, -0.05) is 0 Å². The van der Waals surface area contributed by atoms with E-state index in [0.717, 1.165) is 0 Å². The molecule has 0 radical (unpaired) electrons. The molecule has 0 aliphatic carbocycles. The second kappa shape index (κ2) is 11.2. The van der Waals surface area contributed by atoms with Crippen molar-refractivity contribution in [2.75, 3.05) is 36.9 Å². The van der Waals surface area contributed by atoms with E-state index in [1.54, 1.807) is 24.3 Å². The van der Waals surface area contributed by atoms with Gasteiger partial charge < -0.3 is 20.8 Å². The van der Waals surface area contributed by atoms with Gasteiger partial charge in [0.2, 0.25) is 26.0 Å². The minimum Gasteiger partial charge on any atom is -0.395 e. The van der Waals surface area contributed by atoms with Crippen LogP contribution in [0.25, 0.3) is 11.0 Å². The molecule has 4 rings (SSSR count). The molecule has 0 fully saturated rings. The highest BCUT2D eigenvalue weighted by atomic mass is 32.2. The number of aromatic amines is 1. The molecule has 14 nitrogen and oxygen atoms in total. The molecule has 16 heteroatoms. The maximum absolute atomic E-state index is 12.2. The molecule has 0 spiro atoms. The average molecular weight is 549 g/mol. The van der Waals surface area contributed by atoms with E-state index in [2.05, 4.69) is 40.2 Å². The Morgan fingerprint density at radius 3 is 1.76 bits per heavy atom. The smallest absolute Gasteiger partial charge is 0.240 e. The summed E-state index contributed by atoms with van der Waals surface area (Å²) in [5.41, 5.74) is 1.51. The Kier molecular flexibility index (Phi) is 7.96. The molecule has 196 valence electrons. The zero-order chi connectivity index (χ0) is 26.5. The molecular formula is C21H24N8O6S2. The summed E-state index contributed by atoms with van der Waals surface area (Å²) >= 11 is 0. The lowest BCUT2D eigenvalue weighted by molar-refractivity contribution is 0.300. The second-order valence-corrected chi connectivity index (χ2v) is 11.1. The standard InChI is InChI=1S/C21H24N8O6S2/c30-11-9-23-36(32,33)16-5-1-14(2-6-16)25-19-18-13-22-29-20(18)28-21(27-19)26-15-3-7-17(8-4-15)37(34,35)24-10-12-31/h1-8,13,23-24,30-31H,9-12H2,(H3,22,25,26,27,28,29). The molecule has 0 aliphatic heterocycles. The quantitative estimate of drug-likeness (QED) is 0.129. The van der Waals surface area contributed by atoms with E-state index in [-0.39, 0.29) is 42.0 Å². The third kappa shape index (κ3) is 6.37. The highest BCUT2D eigenvalue weighted by Gasteiger charge is 2.15. The van der Waals surface area contributed by atoms with Gasteiger partial charge in [-0.25, -0.2) is 26.3 Å². The number of nitrogens with one attached hydrogen (secondary N) is 5. The van der Waals surface area contributed by atoms with Crippen molar-refractivity contribution >= 4 is 54.2 Å². The van der Waals surface area contributed by atoms with Crippen LogP contribution in [0.4, 0.5) is 23.1 Å². The van der Waals surface area contributed by atoms with Gasteiger partial charge in [-0.15, -0.1) is 0 Å². The van der Waals surface area contributed by atoms with E-state index in [1.807, 2.05) is 0 Å². The molecule has 0 saturated carbocycles. The average Bonchev–Trinajstić information content (AvgIpc) is 3.36. The number of sulfonamides is 2. The molecule has 37 heavy (non-hydrogen) atoms. The predicted molar refractivity (Wildman–Crippen MR) is 136 cm³/mol. The molecule has 2 aromatic heterocycles. The number of H-pyrrole nitrogens is 1. The van der Waals surface area contributed by atoms with E-state index < -0.39 is 20.0 Å². The number of nitrogens with zero attached hydrogens (tertiary/aromatic N) is 3. The van der Waals surface area contributed by atoms with Crippen molar-refractivity contribution in [2.24, 2.45) is 0 Å². The fraction of sp³-hybridized carbons (Fsp3) is 0.190. The highest BCUT2D eigenvalue weighted by Crippen LogP contribution is 2.26. The van der Waals surface area contributed by atoms with Crippen LogP contribution in [0.1, 0.15) is 0 Å². The summed E-state index contributed by atoms with van der Waals surface area (Å²) in [5, 5.41) is 31.2. The maximum atomic E-state index is 12.2. The Morgan fingerprint density at radius 1 is 0.730 bits per heavy atom. The molecule has 0 amide bonds. The van der Waals surface area contributed by atoms with E-state index in [0.29, 0.717) is 28.2 Å². The van der Waals surface area contributed by atoms with Gasteiger partial charge in [-0.2, -0.15) is 15.1 Å². The van der Waals surface area contributed by atoms with Crippen molar-refractivity contribution < 1.29 is 27.0 Å². The summed E-state index contributed by atoms with van der Waals surface area (Å²) in [5.74, 6) is 0.586. The van der Waals surface area contributed by atoms with Crippen molar-refractivity contribution in [3.63, 3.8) is 0 Å². The van der Waals surface area contributed by atoms with Crippen LogP contribution in [-0.4, -0.2) is 73.5 Å². The van der Waals surface area contributed by atoms with Gasteiger partial charge in [0.25, 0.3) is 0 Å². The van der Waals surface area contributed by atoms with Crippen molar-refractivity contribution in [3.8, 4) is 0 Å². The van der Waals surface area contributed by atoms with Gasteiger partial charge in [-0.3, -0.25) is 5.10 Å².